The molecule has 5 nitrogen and oxygen atoms in total. The lowest BCUT2D eigenvalue weighted by Gasteiger charge is -2.42. The van der Waals surface area contributed by atoms with E-state index in [2.05, 4.69) is 5.32 Å². The zero-order valence-corrected chi connectivity index (χ0v) is 11.6. The van der Waals surface area contributed by atoms with E-state index in [-0.39, 0.29) is 35.4 Å². The number of carbonyl (C=O) groups excluding carboxylic acids is 1. The van der Waals surface area contributed by atoms with Crippen LogP contribution in [0, 0.1) is 5.82 Å². The van der Waals surface area contributed by atoms with Gasteiger partial charge in [-0.1, -0.05) is 0 Å². The van der Waals surface area contributed by atoms with E-state index >= 15 is 0 Å². The highest BCUT2D eigenvalue weighted by atomic mass is 19.1. The van der Waals surface area contributed by atoms with Crippen molar-refractivity contribution in [1.82, 2.24) is 5.32 Å². The first-order valence-electron chi connectivity index (χ1n) is 6.58. The van der Waals surface area contributed by atoms with Gasteiger partial charge in [-0.05, 0) is 31.5 Å². The zero-order valence-electron chi connectivity index (χ0n) is 11.6. The quantitative estimate of drug-likeness (QED) is 0.847. The maximum atomic E-state index is 13.6. The summed E-state index contributed by atoms with van der Waals surface area (Å²) >= 11 is 0. The Morgan fingerprint density at radius 2 is 2.30 bits per heavy atom. The molecule has 3 atom stereocenters. The van der Waals surface area contributed by atoms with Crippen LogP contribution in [0.1, 0.15) is 23.7 Å². The number of nitrogens with two attached hydrogens (primary N) is 1. The van der Waals surface area contributed by atoms with E-state index in [1.165, 1.54) is 19.2 Å². The third kappa shape index (κ3) is 2.91. The molecule has 20 heavy (non-hydrogen) atoms. The molecule has 1 amide bonds. The molecular formula is C14H19FN2O3. The van der Waals surface area contributed by atoms with Crippen molar-refractivity contribution >= 4 is 5.91 Å². The first kappa shape index (κ1) is 14.7. The van der Waals surface area contributed by atoms with E-state index in [1.54, 1.807) is 0 Å². The van der Waals surface area contributed by atoms with Crippen molar-refractivity contribution in [3.05, 3.63) is 29.6 Å². The summed E-state index contributed by atoms with van der Waals surface area (Å²) in [6.45, 7) is 2.46. The molecule has 1 fully saturated rings. The molecule has 0 spiro atoms. The number of nitrogens with one attached hydrogen (secondary N) is 1. The van der Waals surface area contributed by atoms with Crippen LogP contribution in [0.15, 0.2) is 18.2 Å². The van der Waals surface area contributed by atoms with Gasteiger partial charge in [-0.3, -0.25) is 4.79 Å². The first-order valence-corrected chi connectivity index (χ1v) is 6.58. The molecule has 1 aromatic carbocycles. The van der Waals surface area contributed by atoms with Gasteiger partial charge in [0.1, 0.15) is 0 Å². The van der Waals surface area contributed by atoms with Crippen LogP contribution in [0.4, 0.5) is 4.39 Å². The lowest BCUT2D eigenvalue weighted by Crippen LogP contribution is -2.64. The van der Waals surface area contributed by atoms with Gasteiger partial charge >= 0.3 is 0 Å². The van der Waals surface area contributed by atoms with E-state index in [9.17, 15) is 9.18 Å². The number of amides is 1. The van der Waals surface area contributed by atoms with Crippen LogP contribution in [0.2, 0.25) is 0 Å². The summed E-state index contributed by atoms with van der Waals surface area (Å²) in [5.74, 6) is -0.829. The molecule has 0 aromatic heterocycles. The summed E-state index contributed by atoms with van der Waals surface area (Å²) in [6.07, 6.45) is 0.650. The number of halogens is 1. The minimum absolute atomic E-state index is 0.0676. The third-order valence-electron chi connectivity index (χ3n) is 3.46. The fourth-order valence-corrected chi connectivity index (χ4v) is 2.27. The number of rotatable bonds is 5. The Morgan fingerprint density at radius 3 is 2.85 bits per heavy atom. The highest BCUT2D eigenvalue weighted by Crippen LogP contribution is 2.23. The predicted octanol–water partition coefficient (Wildman–Crippen LogP) is 1.07. The van der Waals surface area contributed by atoms with Gasteiger partial charge in [-0.15, -0.1) is 0 Å². The zero-order chi connectivity index (χ0) is 14.7. The molecule has 6 heteroatoms. The monoisotopic (exact) mass is 282 g/mol. The Morgan fingerprint density at radius 1 is 1.55 bits per heavy atom. The second-order valence-electron chi connectivity index (χ2n) is 4.74. The summed E-state index contributed by atoms with van der Waals surface area (Å²) in [7, 11) is 1.37. The van der Waals surface area contributed by atoms with Crippen LogP contribution in [-0.2, 0) is 4.74 Å². The Balaban J connectivity index is 2.03. The van der Waals surface area contributed by atoms with Gasteiger partial charge in [0.15, 0.2) is 11.6 Å². The molecule has 2 rings (SSSR count). The molecule has 0 heterocycles. The SMILES string of the molecule is CCOC1CC(N)C1NC(=O)c1ccc(OC)c(F)c1. The fraction of sp³-hybridized carbons (Fsp3) is 0.500. The average molecular weight is 282 g/mol. The molecule has 1 saturated carbocycles. The molecule has 3 unspecified atom stereocenters. The van der Waals surface area contributed by atoms with Crippen molar-refractivity contribution in [2.45, 2.75) is 31.5 Å². The second kappa shape index (κ2) is 6.19. The van der Waals surface area contributed by atoms with Gasteiger partial charge in [0.25, 0.3) is 5.91 Å². The Labute approximate surface area is 117 Å². The van der Waals surface area contributed by atoms with Gasteiger partial charge in [-0.2, -0.15) is 0 Å². The summed E-state index contributed by atoms with van der Waals surface area (Å²) < 4.78 is 23.8. The van der Waals surface area contributed by atoms with Crippen molar-refractivity contribution < 1.29 is 18.7 Å². The summed E-state index contributed by atoms with van der Waals surface area (Å²) in [5, 5.41) is 2.79. The Bertz CT molecular complexity index is 493. The van der Waals surface area contributed by atoms with Crippen LogP contribution in [0.25, 0.3) is 0 Å². The van der Waals surface area contributed by atoms with Gasteiger partial charge in [0.05, 0.1) is 19.3 Å². The molecule has 0 radical (unpaired) electrons. The molecule has 0 bridgehead atoms. The summed E-state index contributed by atoms with van der Waals surface area (Å²) in [4.78, 5) is 12.1. The molecule has 1 aliphatic carbocycles. The number of hydrogen-bond acceptors (Lipinski definition) is 4. The molecule has 1 aromatic rings. The van der Waals surface area contributed by atoms with E-state index in [4.69, 9.17) is 15.2 Å². The van der Waals surface area contributed by atoms with Crippen molar-refractivity contribution in [2.75, 3.05) is 13.7 Å². The van der Waals surface area contributed by atoms with Crippen LogP contribution < -0.4 is 15.8 Å². The number of hydrogen-bond donors (Lipinski definition) is 2. The van der Waals surface area contributed by atoms with E-state index in [0.717, 1.165) is 12.5 Å². The van der Waals surface area contributed by atoms with Crippen molar-refractivity contribution in [3.8, 4) is 5.75 Å². The van der Waals surface area contributed by atoms with E-state index in [1.807, 2.05) is 6.92 Å². The van der Waals surface area contributed by atoms with E-state index < -0.39 is 5.82 Å². The van der Waals surface area contributed by atoms with Gasteiger partial charge in [0.2, 0.25) is 0 Å². The number of methoxy groups -OCH3 is 1. The minimum atomic E-state index is -0.570. The average Bonchev–Trinajstić information content (AvgIpc) is 2.44. The highest BCUT2D eigenvalue weighted by molar-refractivity contribution is 5.94. The van der Waals surface area contributed by atoms with Crippen molar-refractivity contribution in [2.24, 2.45) is 5.73 Å². The third-order valence-corrected chi connectivity index (χ3v) is 3.46. The molecule has 0 saturated heterocycles. The normalized spacial score (nSPS) is 24.9. The van der Waals surface area contributed by atoms with Gasteiger partial charge in [-0.25, -0.2) is 4.39 Å². The topological polar surface area (TPSA) is 73.6 Å². The van der Waals surface area contributed by atoms with Crippen LogP contribution >= 0.6 is 0 Å². The molecular weight excluding hydrogens is 263 g/mol. The second-order valence-corrected chi connectivity index (χ2v) is 4.74. The lowest BCUT2D eigenvalue weighted by molar-refractivity contribution is -0.0300. The van der Waals surface area contributed by atoms with Gasteiger partial charge in [0, 0.05) is 18.2 Å². The Kier molecular flexibility index (Phi) is 4.57. The molecule has 3 N–H and O–H groups in total. The Hall–Kier alpha value is -1.66. The summed E-state index contributed by atoms with van der Waals surface area (Å²) in [5.41, 5.74) is 6.09. The standard InChI is InChI=1S/C14H19FN2O3/c1-3-20-12-7-10(16)13(12)17-14(18)8-4-5-11(19-2)9(15)6-8/h4-6,10,12-13H,3,7,16H2,1-2H3,(H,17,18). The van der Waals surface area contributed by atoms with Crippen LogP contribution in [0.5, 0.6) is 5.75 Å². The number of ether oxygens (including phenoxy) is 2. The fourth-order valence-electron chi connectivity index (χ4n) is 2.27. The van der Waals surface area contributed by atoms with Crippen molar-refractivity contribution in [1.29, 1.82) is 0 Å². The van der Waals surface area contributed by atoms with E-state index in [0.29, 0.717) is 6.61 Å². The molecule has 0 aliphatic heterocycles. The minimum Gasteiger partial charge on any atom is -0.494 e. The predicted molar refractivity (Wildman–Crippen MR) is 72.2 cm³/mol. The summed E-state index contributed by atoms with van der Waals surface area (Å²) in [6, 6.07) is 3.72. The smallest absolute Gasteiger partial charge is 0.251 e. The lowest BCUT2D eigenvalue weighted by atomic mass is 9.83. The highest BCUT2D eigenvalue weighted by Gasteiger charge is 2.40. The number of benzene rings is 1. The maximum absolute atomic E-state index is 13.6. The first-order chi connectivity index (χ1) is 9.56. The molecule has 1 aliphatic rings. The molecule has 110 valence electrons. The van der Waals surface area contributed by atoms with Gasteiger partial charge < -0.3 is 20.5 Å². The van der Waals surface area contributed by atoms with Crippen molar-refractivity contribution in [3.63, 3.8) is 0 Å². The number of carbonyl (C=O) groups is 1. The maximum Gasteiger partial charge on any atom is 0.251 e. The van der Waals surface area contributed by atoms with Crippen LogP contribution in [0.3, 0.4) is 0 Å². The van der Waals surface area contributed by atoms with Crippen LogP contribution in [-0.4, -0.2) is 37.8 Å². The largest absolute Gasteiger partial charge is 0.494 e.